The Morgan fingerprint density at radius 3 is 2.45 bits per heavy atom. The summed E-state index contributed by atoms with van der Waals surface area (Å²) in [6.07, 6.45) is 17.3. The van der Waals surface area contributed by atoms with Crippen molar-refractivity contribution in [2.24, 2.45) is 9.98 Å². The van der Waals surface area contributed by atoms with Crippen LogP contribution in [0, 0.1) is 0 Å². The van der Waals surface area contributed by atoms with Crippen LogP contribution in [0.3, 0.4) is 0 Å². The second-order valence-corrected chi connectivity index (χ2v) is 15.1. The molecule has 4 aromatic carbocycles. The second-order valence-electron chi connectivity index (χ2n) is 14.0. The van der Waals surface area contributed by atoms with Gasteiger partial charge in [0.25, 0.3) is 0 Å². The molecule has 0 saturated heterocycles. The second kappa shape index (κ2) is 11.4. The van der Waals surface area contributed by atoms with Gasteiger partial charge in [-0.3, -0.25) is 0 Å². The molecule has 0 saturated carbocycles. The van der Waals surface area contributed by atoms with Gasteiger partial charge in [0, 0.05) is 49.4 Å². The summed E-state index contributed by atoms with van der Waals surface area (Å²) in [5, 5.41) is 12.4. The zero-order valence-electron chi connectivity index (χ0n) is 27.9. The predicted octanol–water partition coefficient (Wildman–Crippen LogP) is 8.05. The van der Waals surface area contributed by atoms with Gasteiger partial charge in [-0.1, -0.05) is 121 Å². The lowest BCUT2D eigenvalue weighted by atomic mass is 9.89. The third-order valence-electron chi connectivity index (χ3n) is 11.1. The van der Waals surface area contributed by atoms with Gasteiger partial charge in [0.15, 0.2) is 6.17 Å². The van der Waals surface area contributed by atoms with Crippen LogP contribution < -0.4 is 25.8 Å². The Bertz CT molecular complexity index is 2650. The molecule has 2 N–H and O–H groups in total. The van der Waals surface area contributed by atoms with Crippen molar-refractivity contribution in [3.63, 3.8) is 0 Å². The summed E-state index contributed by atoms with van der Waals surface area (Å²) in [7, 11) is 0. The third-order valence-corrected chi connectivity index (χ3v) is 12.5. The van der Waals surface area contributed by atoms with E-state index in [0.29, 0.717) is 0 Å². The normalized spacial score (nSPS) is 22.3. The molecule has 1 aromatic heterocycles. The minimum absolute atomic E-state index is 0.00512. The molecule has 3 atom stereocenters. The average Bonchev–Trinajstić information content (AvgIpc) is 3.91. The van der Waals surface area contributed by atoms with E-state index in [1.165, 1.54) is 59.3 Å². The number of benzene rings is 4. The largest absolute Gasteiger partial charge is 0.458 e. The van der Waals surface area contributed by atoms with Crippen LogP contribution in [0.2, 0.25) is 0 Å². The van der Waals surface area contributed by atoms with Gasteiger partial charge >= 0.3 is 0 Å². The van der Waals surface area contributed by atoms with Gasteiger partial charge in [-0.25, -0.2) is 9.98 Å². The van der Waals surface area contributed by atoms with Crippen LogP contribution in [-0.4, -0.2) is 17.8 Å². The van der Waals surface area contributed by atoms with Crippen molar-refractivity contribution in [2.75, 3.05) is 0 Å². The first-order valence-corrected chi connectivity index (χ1v) is 18.8. The quantitative estimate of drug-likeness (QED) is 0.202. The Balaban J connectivity index is 0.997. The highest BCUT2D eigenvalue weighted by atomic mass is 32.1. The van der Waals surface area contributed by atoms with E-state index in [1.807, 2.05) is 17.4 Å². The van der Waals surface area contributed by atoms with Crippen LogP contribution in [0.15, 0.2) is 136 Å². The van der Waals surface area contributed by atoms with Crippen LogP contribution in [0.5, 0.6) is 5.75 Å². The number of para-hydroxylation sites is 1. The van der Waals surface area contributed by atoms with Crippen molar-refractivity contribution in [1.29, 1.82) is 0 Å². The first kappa shape index (κ1) is 29.1. The molecule has 0 fully saturated rings. The van der Waals surface area contributed by atoms with E-state index in [0.717, 1.165) is 59.6 Å². The molecule has 6 heteroatoms. The number of amidine groups is 2. The van der Waals surface area contributed by atoms with Crippen molar-refractivity contribution in [3.05, 3.63) is 169 Å². The summed E-state index contributed by atoms with van der Waals surface area (Å²) in [4.78, 5) is 13.8. The van der Waals surface area contributed by atoms with Gasteiger partial charge in [0.2, 0.25) is 0 Å². The third kappa shape index (κ3) is 4.59. The number of nitrogens with one attached hydrogen (secondary N) is 2. The lowest BCUT2D eigenvalue weighted by molar-refractivity contribution is 0.501. The lowest BCUT2D eigenvalue weighted by Crippen LogP contribution is -2.42. The molecule has 0 radical (unpaired) electrons. The fourth-order valence-electron chi connectivity index (χ4n) is 8.60. The highest BCUT2D eigenvalue weighted by Gasteiger charge is 2.36. The molecule has 3 unspecified atom stereocenters. The Morgan fingerprint density at radius 2 is 1.51 bits per heavy atom. The molecule has 11 rings (SSSR count). The molecule has 0 amide bonds. The lowest BCUT2D eigenvalue weighted by Gasteiger charge is -2.30. The van der Waals surface area contributed by atoms with Gasteiger partial charge in [-0.2, -0.15) is 0 Å². The monoisotopic (exact) mass is 678 g/mol. The maximum atomic E-state index is 6.41. The summed E-state index contributed by atoms with van der Waals surface area (Å²) in [5.41, 5.74) is 8.77. The Hall–Kier alpha value is -5.72. The smallest absolute Gasteiger partial charge is 0.152 e. The van der Waals surface area contributed by atoms with E-state index in [1.54, 1.807) is 0 Å². The van der Waals surface area contributed by atoms with E-state index in [-0.39, 0.29) is 18.1 Å². The number of aliphatic imine (C=N–C) groups is 2. The van der Waals surface area contributed by atoms with E-state index in [9.17, 15) is 0 Å². The van der Waals surface area contributed by atoms with Crippen molar-refractivity contribution < 1.29 is 4.74 Å². The van der Waals surface area contributed by atoms with Crippen LogP contribution in [0.25, 0.3) is 34.4 Å². The first-order chi connectivity index (χ1) is 25.3. The van der Waals surface area contributed by atoms with Gasteiger partial charge in [-0.05, 0) is 58.4 Å². The van der Waals surface area contributed by atoms with Crippen LogP contribution in [0.4, 0.5) is 0 Å². The minimum Gasteiger partial charge on any atom is -0.458 e. The highest BCUT2D eigenvalue weighted by molar-refractivity contribution is 7.12. The molecule has 5 nitrogen and oxygen atoms in total. The summed E-state index contributed by atoms with van der Waals surface area (Å²) in [6.45, 7) is 0. The molecule has 0 bridgehead atoms. The Labute approximate surface area is 300 Å². The van der Waals surface area contributed by atoms with Crippen molar-refractivity contribution >= 4 is 57.4 Å². The maximum absolute atomic E-state index is 6.41. The van der Waals surface area contributed by atoms with Crippen molar-refractivity contribution in [1.82, 2.24) is 10.6 Å². The zero-order valence-corrected chi connectivity index (χ0v) is 28.7. The van der Waals surface area contributed by atoms with Gasteiger partial charge in [-0.15, -0.1) is 11.3 Å². The van der Waals surface area contributed by atoms with Crippen molar-refractivity contribution in [3.8, 4) is 5.75 Å². The number of hydrogen-bond donors (Lipinski definition) is 2. The predicted molar refractivity (Wildman–Crippen MR) is 209 cm³/mol. The van der Waals surface area contributed by atoms with E-state index in [4.69, 9.17) is 14.7 Å². The SMILES string of the molecule is C1=Cc2c(sc3c2C=CCC3C2N=C(C3=CC=C(C4=c5ccccc5=C5Oc6ccccc6C5N4)CC3)NC(c3cccc4ccccc34)=N2)C1. The number of nitrogens with zero attached hydrogens (tertiary/aromatic N) is 2. The zero-order chi connectivity index (χ0) is 33.5. The van der Waals surface area contributed by atoms with E-state index in [2.05, 4.69) is 132 Å². The summed E-state index contributed by atoms with van der Waals surface area (Å²) in [5.74, 6) is 3.96. The Morgan fingerprint density at radius 1 is 0.725 bits per heavy atom. The molecular formula is C45H34N4OS. The van der Waals surface area contributed by atoms with Gasteiger partial charge in [0.05, 0.1) is 0 Å². The molecule has 5 aromatic rings. The van der Waals surface area contributed by atoms with E-state index >= 15 is 0 Å². The number of allylic oxidation sites excluding steroid dienone is 4. The van der Waals surface area contributed by atoms with Gasteiger partial charge in [0.1, 0.15) is 29.2 Å². The number of thiophene rings is 1. The topological polar surface area (TPSA) is 58.0 Å². The molecule has 51 heavy (non-hydrogen) atoms. The number of hydrogen-bond acceptors (Lipinski definition) is 6. The first-order valence-electron chi connectivity index (χ1n) is 17.9. The number of ether oxygens (including phenoxy) is 1. The summed E-state index contributed by atoms with van der Waals surface area (Å²) >= 11 is 1.96. The fraction of sp³-hybridized carbons (Fsp3) is 0.156. The van der Waals surface area contributed by atoms with E-state index < -0.39 is 0 Å². The molecule has 0 spiro atoms. The molecule has 3 aliphatic carbocycles. The molecule has 4 heterocycles. The highest BCUT2D eigenvalue weighted by Crippen LogP contribution is 2.46. The summed E-state index contributed by atoms with van der Waals surface area (Å²) in [6, 6.07) is 32.1. The number of rotatable bonds is 4. The summed E-state index contributed by atoms with van der Waals surface area (Å²) < 4.78 is 6.41. The van der Waals surface area contributed by atoms with Gasteiger partial charge < -0.3 is 15.4 Å². The molecule has 246 valence electrons. The number of fused-ring (bicyclic) bond motifs is 8. The standard InChI is InChI=1S/C45H34N4OS/c1-2-12-29-26(10-1)11-7-18-34(29)44-47-43(48-45(49-44)36-19-8-17-33-30-16-9-21-38(30)51-42(33)36)28-24-22-27(23-25-28)39-31-13-3-4-14-32(31)41-40(46-39)35-15-5-6-20-37(35)50-41/h1-18,20,22,24,36,40,45-46H,19,21,23,25H2,(H,47,48,49). The molecule has 6 aliphatic rings. The van der Waals surface area contributed by atoms with Crippen LogP contribution >= 0.6 is 11.3 Å². The maximum Gasteiger partial charge on any atom is 0.152 e. The van der Waals surface area contributed by atoms with Crippen molar-refractivity contribution in [2.45, 2.75) is 43.8 Å². The minimum atomic E-state index is -0.217. The van der Waals surface area contributed by atoms with Crippen LogP contribution in [0.1, 0.15) is 63.2 Å². The Kier molecular flexibility index (Phi) is 6.50. The fourth-order valence-corrected chi connectivity index (χ4v) is 9.99. The molecular weight excluding hydrogens is 645 g/mol. The van der Waals surface area contributed by atoms with Crippen LogP contribution in [-0.2, 0) is 6.42 Å². The average molecular weight is 679 g/mol. The molecule has 3 aliphatic heterocycles.